The van der Waals surface area contributed by atoms with E-state index in [0.717, 1.165) is 24.5 Å². The maximum atomic E-state index is 13.1. The third-order valence-electron chi connectivity index (χ3n) is 5.09. The maximum Gasteiger partial charge on any atom is 0.254 e. The van der Waals surface area contributed by atoms with Gasteiger partial charge in [-0.15, -0.1) is 0 Å². The van der Waals surface area contributed by atoms with Gasteiger partial charge < -0.3 is 15.1 Å². The van der Waals surface area contributed by atoms with Gasteiger partial charge in [0, 0.05) is 49.3 Å². The highest BCUT2D eigenvalue weighted by atomic mass is 19.1. The highest BCUT2D eigenvalue weighted by molar-refractivity contribution is 5.95. The molecule has 3 aromatic rings. The van der Waals surface area contributed by atoms with Crippen molar-refractivity contribution in [2.75, 3.05) is 36.4 Å². The Morgan fingerprint density at radius 3 is 2.34 bits per heavy atom. The fourth-order valence-corrected chi connectivity index (χ4v) is 3.42. The number of anilines is 3. The Morgan fingerprint density at radius 1 is 0.966 bits per heavy atom. The summed E-state index contributed by atoms with van der Waals surface area (Å²) < 4.78 is 13.1. The predicted molar refractivity (Wildman–Crippen MR) is 113 cm³/mol. The second kappa shape index (κ2) is 8.31. The molecule has 0 spiro atoms. The van der Waals surface area contributed by atoms with Crippen LogP contribution < -0.4 is 10.2 Å². The molecule has 1 aliphatic heterocycles. The number of rotatable bonds is 4. The van der Waals surface area contributed by atoms with Crippen LogP contribution in [-0.4, -0.2) is 42.0 Å². The van der Waals surface area contributed by atoms with Gasteiger partial charge in [-0.05, 0) is 55.5 Å². The number of carbonyl (C=O) groups excluding carboxylic acids is 1. The van der Waals surface area contributed by atoms with Crippen LogP contribution in [0.2, 0.25) is 0 Å². The molecule has 1 saturated heterocycles. The highest BCUT2D eigenvalue weighted by Crippen LogP contribution is 2.20. The van der Waals surface area contributed by atoms with Crippen molar-refractivity contribution in [2.45, 2.75) is 6.92 Å². The SMILES string of the molecule is Cc1ccc(Nc2cc(C(=O)N3CCN(c4ccc(F)cc4)CC3)ccn2)cc1. The summed E-state index contributed by atoms with van der Waals surface area (Å²) in [4.78, 5) is 21.3. The summed E-state index contributed by atoms with van der Waals surface area (Å²) in [6.07, 6.45) is 1.65. The lowest BCUT2D eigenvalue weighted by atomic mass is 10.2. The van der Waals surface area contributed by atoms with E-state index in [0.29, 0.717) is 24.5 Å². The Labute approximate surface area is 169 Å². The summed E-state index contributed by atoms with van der Waals surface area (Å²) in [5.74, 6) is 0.401. The maximum absolute atomic E-state index is 13.1. The van der Waals surface area contributed by atoms with E-state index in [4.69, 9.17) is 0 Å². The molecule has 0 atom stereocenters. The number of nitrogens with one attached hydrogen (secondary N) is 1. The summed E-state index contributed by atoms with van der Waals surface area (Å²) in [6, 6.07) is 18.0. The van der Waals surface area contributed by atoms with Crippen molar-refractivity contribution in [1.29, 1.82) is 0 Å². The Kier molecular flexibility index (Phi) is 5.42. The monoisotopic (exact) mass is 390 g/mol. The van der Waals surface area contributed by atoms with E-state index < -0.39 is 0 Å². The van der Waals surface area contributed by atoms with E-state index >= 15 is 0 Å². The smallest absolute Gasteiger partial charge is 0.254 e. The largest absolute Gasteiger partial charge is 0.368 e. The first-order valence-corrected chi connectivity index (χ1v) is 9.68. The molecule has 4 rings (SSSR count). The van der Waals surface area contributed by atoms with Crippen molar-refractivity contribution in [1.82, 2.24) is 9.88 Å². The molecule has 0 saturated carbocycles. The average Bonchev–Trinajstić information content (AvgIpc) is 2.76. The number of piperazine rings is 1. The van der Waals surface area contributed by atoms with E-state index in [-0.39, 0.29) is 11.7 Å². The van der Waals surface area contributed by atoms with Crippen LogP contribution in [0, 0.1) is 12.7 Å². The molecule has 5 nitrogen and oxygen atoms in total. The molecular formula is C23H23FN4O. The van der Waals surface area contributed by atoms with Gasteiger partial charge in [0.2, 0.25) is 0 Å². The van der Waals surface area contributed by atoms with Gasteiger partial charge in [0.1, 0.15) is 11.6 Å². The molecule has 1 amide bonds. The zero-order valence-corrected chi connectivity index (χ0v) is 16.3. The second-order valence-corrected chi connectivity index (χ2v) is 7.18. The van der Waals surface area contributed by atoms with Crippen LogP contribution >= 0.6 is 0 Å². The van der Waals surface area contributed by atoms with E-state index in [1.807, 2.05) is 36.1 Å². The molecule has 29 heavy (non-hydrogen) atoms. The van der Waals surface area contributed by atoms with Crippen LogP contribution in [0.3, 0.4) is 0 Å². The second-order valence-electron chi connectivity index (χ2n) is 7.18. The molecule has 0 aliphatic carbocycles. The third-order valence-corrected chi connectivity index (χ3v) is 5.09. The minimum atomic E-state index is -0.240. The van der Waals surface area contributed by atoms with Gasteiger partial charge in [-0.3, -0.25) is 4.79 Å². The standard InChI is InChI=1S/C23H23FN4O/c1-17-2-6-20(7-3-17)26-22-16-18(10-11-25-22)23(29)28-14-12-27(13-15-28)21-8-4-19(24)5-9-21/h2-11,16H,12-15H2,1H3,(H,25,26). The van der Waals surface area contributed by atoms with Gasteiger partial charge in [-0.2, -0.15) is 0 Å². The number of hydrogen-bond acceptors (Lipinski definition) is 4. The molecule has 0 bridgehead atoms. The zero-order chi connectivity index (χ0) is 20.2. The molecule has 6 heteroatoms. The molecule has 0 unspecified atom stereocenters. The Bertz CT molecular complexity index is 981. The van der Waals surface area contributed by atoms with E-state index in [9.17, 15) is 9.18 Å². The molecule has 1 fully saturated rings. The van der Waals surface area contributed by atoms with E-state index in [2.05, 4.69) is 15.2 Å². The minimum absolute atomic E-state index is 0.00175. The zero-order valence-electron chi connectivity index (χ0n) is 16.3. The molecule has 1 aliphatic rings. The molecule has 0 radical (unpaired) electrons. The lowest BCUT2D eigenvalue weighted by molar-refractivity contribution is 0.0746. The number of hydrogen-bond donors (Lipinski definition) is 1. The number of aryl methyl sites for hydroxylation is 1. The number of amides is 1. The summed E-state index contributed by atoms with van der Waals surface area (Å²) in [6.45, 7) is 4.73. The van der Waals surface area contributed by atoms with Crippen LogP contribution in [0.1, 0.15) is 15.9 Å². The summed E-state index contributed by atoms with van der Waals surface area (Å²) in [7, 11) is 0. The predicted octanol–water partition coefficient (Wildman–Crippen LogP) is 4.24. The highest BCUT2D eigenvalue weighted by Gasteiger charge is 2.22. The number of aromatic nitrogens is 1. The van der Waals surface area contributed by atoms with E-state index in [1.165, 1.54) is 17.7 Å². The van der Waals surface area contributed by atoms with Crippen molar-refractivity contribution < 1.29 is 9.18 Å². The van der Waals surface area contributed by atoms with Crippen LogP contribution in [0.5, 0.6) is 0 Å². The molecule has 1 aromatic heterocycles. The first kappa shape index (κ1) is 18.9. The molecule has 2 heterocycles. The Morgan fingerprint density at radius 2 is 1.66 bits per heavy atom. The first-order valence-electron chi connectivity index (χ1n) is 9.68. The molecule has 1 N–H and O–H groups in total. The molecule has 148 valence electrons. The van der Waals surface area contributed by atoms with Gasteiger partial charge in [0.25, 0.3) is 5.91 Å². The van der Waals surface area contributed by atoms with Crippen molar-refractivity contribution in [3.63, 3.8) is 0 Å². The number of halogens is 1. The topological polar surface area (TPSA) is 48.5 Å². The lowest BCUT2D eigenvalue weighted by Crippen LogP contribution is -2.48. The summed E-state index contributed by atoms with van der Waals surface area (Å²) in [5.41, 5.74) is 3.71. The number of carbonyl (C=O) groups is 1. The molecular weight excluding hydrogens is 367 g/mol. The van der Waals surface area contributed by atoms with Crippen LogP contribution in [0.15, 0.2) is 66.9 Å². The van der Waals surface area contributed by atoms with Crippen molar-refractivity contribution in [2.24, 2.45) is 0 Å². The average molecular weight is 390 g/mol. The third kappa shape index (κ3) is 4.54. The fraction of sp³-hybridized carbons (Fsp3) is 0.217. The quantitative estimate of drug-likeness (QED) is 0.724. The summed E-state index contributed by atoms with van der Waals surface area (Å²) in [5, 5.41) is 3.24. The number of pyridine rings is 1. The Hall–Kier alpha value is -3.41. The summed E-state index contributed by atoms with van der Waals surface area (Å²) >= 11 is 0. The van der Waals surface area contributed by atoms with Crippen molar-refractivity contribution >= 4 is 23.1 Å². The van der Waals surface area contributed by atoms with Crippen molar-refractivity contribution in [3.8, 4) is 0 Å². The van der Waals surface area contributed by atoms with Crippen LogP contribution in [-0.2, 0) is 0 Å². The van der Waals surface area contributed by atoms with E-state index in [1.54, 1.807) is 30.5 Å². The van der Waals surface area contributed by atoms with Gasteiger partial charge in [0.15, 0.2) is 0 Å². The minimum Gasteiger partial charge on any atom is -0.368 e. The van der Waals surface area contributed by atoms with Crippen LogP contribution in [0.25, 0.3) is 0 Å². The molecule has 2 aromatic carbocycles. The first-order chi connectivity index (χ1) is 14.1. The number of nitrogens with zero attached hydrogens (tertiary/aromatic N) is 3. The normalized spacial score (nSPS) is 14.0. The Balaban J connectivity index is 1.39. The van der Waals surface area contributed by atoms with Crippen LogP contribution in [0.4, 0.5) is 21.6 Å². The fourth-order valence-electron chi connectivity index (χ4n) is 3.42. The van der Waals surface area contributed by atoms with Gasteiger partial charge in [-0.1, -0.05) is 17.7 Å². The lowest BCUT2D eigenvalue weighted by Gasteiger charge is -2.36. The van der Waals surface area contributed by atoms with Gasteiger partial charge in [0.05, 0.1) is 0 Å². The van der Waals surface area contributed by atoms with Gasteiger partial charge >= 0.3 is 0 Å². The van der Waals surface area contributed by atoms with Crippen molar-refractivity contribution in [3.05, 3.63) is 83.8 Å². The number of benzene rings is 2. The van der Waals surface area contributed by atoms with Gasteiger partial charge in [-0.25, -0.2) is 9.37 Å².